The molecule has 1 heterocycles. The van der Waals surface area contributed by atoms with E-state index < -0.39 is 0 Å². The Bertz CT molecular complexity index is 617. The zero-order valence-electron chi connectivity index (χ0n) is 9.20. The van der Waals surface area contributed by atoms with Gasteiger partial charge in [0.15, 0.2) is 4.80 Å². The smallest absolute Gasteiger partial charge is 0.326 e. The highest BCUT2D eigenvalue weighted by molar-refractivity contribution is 7.16. The molecule has 90 valence electrons. The van der Waals surface area contributed by atoms with Crippen molar-refractivity contribution >= 4 is 39.1 Å². The second kappa shape index (κ2) is 4.89. The molecule has 0 aliphatic carbocycles. The van der Waals surface area contributed by atoms with Gasteiger partial charge in [0.05, 0.1) is 16.8 Å². The number of ether oxygens (including phenoxy) is 1. The highest BCUT2D eigenvalue weighted by Gasteiger charge is 2.10. The van der Waals surface area contributed by atoms with Gasteiger partial charge in [-0.1, -0.05) is 22.9 Å². The van der Waals surface area contributed by atoms with Gasteiger partial charge in [0.2, 0.25) is 0 Å². The second-order valence-electron chi connectivity index (χ2n) is 3.41. The van der Waals surface area contributed by atoms with Crippen molar-refractivity contribution in [2.75, 3.05) is 6.61 Å². The molecule has 0 bridgehead atoms. The third-order valence-electron chi connectivity index (χ3n) is 2.26. The summed E-state index contributed by atoms with van der Waals surface area (Å²) in [5, 5.41) is 8.45. The minimum atomic E-state index is -0.333. The molecule has 0 saturated carbocycles. The summed E-state index contributed by atoms with van der Waals surface area (Å²) in [6, 6.07) is 5.35. The minimum Gasteiger partial charge on any atom is -0.465 e. The first-order chi connectivity index (χ1) is 8.11. The molecule has 6 heteroatoms. The SMILES string of the molecule is CCOC(=O)Cn1c(=N)sc2cc(Cl)ccc21. The van der Waals surface area contributed by atoms with E-state index >= 15 is 0 Å². The van der Waals surface area contributed by atoms with Gasteiger partial charge < -0.3 is 9.30 Å². The van der Waals surface area contributed by atoms with Crippen LogP contribution in [0.1, 0.15) is 6.92 Å². The number of aromatic nitrogens is 1. The summed E-state index contributed by atoms with van der Waals surface area (Å²) in [6.07, 6.45) is 0. The number of fused-ring (bicyclic) bond motifs is 1. The number of carbonyl (C=O) groups excluding carboxylic acids is 1. The van der Waals surface area contributed by atoms with E-state index in [1.807, 2.05) is 6.07 Å². The van der Waals surface area contributed by atoms with Gasteiger partial charge in [0.1, 0.15) is 6.54 Å². The van der Waals surface area contributed by atoms with Crippen molar-refractivity contribution in [2.45, 2.75) is 13.5 Å². The lowest BCUT2D eigenvalue weighted by atomic mass is 10.3. The Morgan fingerprint density at radius 2 is 2.35 bits per heavy atom. The van der Waals surface area contributed by atoms with Crippen LogP contribution in [0.25, 0.3) is 10.2 Å². The van der Waals surface area contributed by atoms with Crippen molar-refractivity contribution in [1.82, 2.24) is 4.57 Å². The van der Waals surface area contributed by atoms with Gasteiger partial charge >= 0.3 is 5.97 Å². The first-order valence-corrected chi connectivity index (χ1v) is 6.30. The van der Waals surface area contributed by atoms with Crippen molar-refractivity contribution in [1.29, 1.82) is 5.41 Å². The van der Waals surface area contributed by atoms with Crippen molar-refractivity contribution in [2.24, 2.45) is 0 Å². The fourth-order valence-electron chi connectivity index (χ4n) is 1.55. The number of thiazole rings is 1. The Hall–Kier alpha value is -1.33. The largest absolute Gasteiger partial charge is 0.465 e. The Balaban J connectivity index is 2.43. The lowest BCUT2D eigenvalue weighted by molar-refractivity contribution is -0.143. The number of hydrogen-bond acceptors (Lipinski definition) is 4. The van der Waals surface area contributed by atoms with Gasteiger partial charge in [-0.2, -0.15) is 0 Å². The highest BCUT2D eigenvalue weighted by Crippen LogP contribution is 2.21. The average molecular weight is 271 g/mol. The summed E-state index contributed by atoms with van der Waals surface area (Å²) >= 11 is 7.17. The Morgan fingerprint density at radius 1 is 1.59 bits per heavy atom. The fraction of sp³-hybridized carbons (Fsp3) is 0.273. The van der Waals surface area contributed by atoms with E-state index in [9.17, 15) is 4.79 Å². The zero-order chi connectivity index (χ0) is 12.4. The number of hydrogen-bond donors (Lipinski definition) is 1. The molecule has 0 saturated heterocycles. The lowest BCUT2D eigenvalue weighted by Gasteiger charge is -2.04. The number of nitrogens with one attached hydrogen (secondary N) is 1. The van der Waals surface area contributed by atoms with Crippen LogP contribution in [0.15, 0.2) is 18.2 Å². The summed E-state index contributed by atoms with van der Waals surface area (Å²) in [4.78, 5) is 11.7. The standard InChI is InChI=1S/C11H11ClN2O2S/c1-2-16-10(15)6-14-8-4-3-7(12)5-9(8)17-11(14)13/h3-5,13H,2,6H2,1H3. The van der Waals surface area contributed by atoms with Crippen molar-refractivity contribution in [3.63, 3.8) is 0 Å². The summed E-state index contributed by atoms with van der Waals surface area (Å²) in [5.41, 5.74) is 0.831. The molecular weight excluding hydrogens is 260 g/mol. The summed E-state index contributed by atoms with van der Waals surface area (Å²) in [6.45, 7) is 2.17. The van der Waals surface area contributed by atoms with Crippen molar-refractivity contribution in [3.8, 4) is 0 Å². The molecule has 0 spiro atoms. The maximum atomic E-state index is 11.4. The van der Waals surface area contributed by atoms with E-state index in [1.165, 1.54) is 11.3 Å². The first kappa shape index (κ1) is 12.1. The molecule has 0 unspecified atom stereocenters. The predicted octanol–water partition coefficient (Wildman–Crippen LogP) is 2.40. The molecule has 17 heavy (non-hydrogen) atoms. The molecule has 0 aliphatic rings. The highest BCUT2D eigenvalue weighted by atomic mass is 35.5. The fourth-order valence-corrected chi connectivity index (χ4v) is 2.74. The van der Waals surface area contributed by atoms with Crippen LogP contribution in [-0.2, 0) is 16.1 Å². The molecule has 0 amide bonds. The molecule has 1 N–H and O–H groups in total. The molecular formula is C11H11ClN2O2S. The zero-order valence-corrected chi connectivity index (χ0v) is 10.8. The van der Waals surface area contributed by atoms with Gasteiger partial charge in [-0.05, 0) is 25.1 Å². The van der Waals surface area contributed by atoms with Gasteiger partial charge in [0.25, 0.3) is 0 Å². The number of esters is 1. The number of nitrogens with zero attached hydrogens (tertiary/aromatic N) is 1. The molecule has 0 fully saturated rings. The topological polar surface area (TPSA) is 55.1 Å². The van der Waals surface area contributed by atoms with Gasteiger partial charge in [-0.25, -0.2) is 0 Å². The number of rotatable bonds is 3. The van der Waals surface area contributed by atoms with Crippen LogP contribution in [-0.4, -0.2) is 17.1 Å². The number of carbonyl (C=O) groups is 1. The van der Waals surface area contributed by atoms with E-state index in [-0.39, 0.29) is 12.5 Å². The van der Waals surface area contributed by atoms with Crippen molar-refractivity contribution < 1.29 is 9.53 Å². The number of benzene rings is 1. The van der Waals surface area contributed by atoms with Crippen LogP contribution in [0.5, 0.6) is 0 Å². The third kappa shape index (κ3) is 2.50. The van der Waals surface area contributed by atoms with Crippen LogP contribution in [0.3, 0.4) is 0 Å². The predicted molar refractivity (Wildman–Crippen MR) is 67.3 cm³/mol. The van der Waals surface area contributed by atoms with E-state index in [1.54, 1.807) is 23.6 Å². The van der Waals surface area contributed by atoms with Crippen molar-refractivity contribution in [3.05, 3.63) is 28.0 Å². The molecule has 4 nitrogen and oxygen atoms in total. The second-order valence-corrected chi connectivity index (χ2v) is 4.88. The first-order valence-electron chi connectivity index (χ1n) is 5.11. The summed E-state index contributed by atoms with van der Waals surface area (Å²) < 4.78 is 7.39. The van der Waals surface area contributed by atoms with Crippen LogP contribution in [0.4, 0.5) is 0 Å². The quantitative estimate of drug-likeness (QED) is 0.871. The van der Waals surface area contributed by atoms with Crippen LogP contribution < -0.4 is 4.80 Å². The minimum absolute atomic E-state index is 0.0638. The van der Waals surface area contributed by atoms with Gasteiger partial charge in [-0.3, -0.25) is 10.2 Å². The monoisotopic (exact) mass is 270 g/mol. The molecule has 2 rings (SSSR count). The maximum Gasteiger partial charge on any atom is 0.326 e. The molecule has 2 aromatic rings. The lowest BCUT2D eigenvalue weighted by Crippen LogP contribution is -2.20. The molecule has 1 aromatic carbocycles. The number of halogens is 1. The molecule has 0 aliphatic heterocycles. The average Bonchev–Trinajstić information content (AvgIpc) is 2.55. The van der Waals surface area contributed by atoms with Crippen LogP contribution in [0, 0.1) is 5.41 Å². The maximum absolute atomic E-state index is 11.4. The molecule has 0 atom stereocenters. The molecule has 1 aromatic heterocycles. The normalized spacial score (nSPS) is 10.7. The van der Waals surface area contributed by atoms with Crippen LogP contribution in [0.2, 0.25) is 5.02 Å². The Kier molecular flexibility index (Phi) is 3.49. The molecule has 0 radical (unpaired) electrons. The Labute approximate surface area is 107 Å². The van der Waals surface area contributed by atoms with E-state index in [2.05, 4.69) is 0 Å². The summed E-state index contributed by atoms with van der Waals surface area (Å²) in [7, 11) is 0. The van der Waals surface area contributed by atoms with Gasteiger partial charge in [0, 0.05) is 5.02 Å². The van der Waals surface area contributed by atoms with E-state index in [0.717, 1.165) is 10.2 Å². The Morgan fingerprint density at radius 3 is 3.06 bits per heavy atom. The van der Waals surface area contributed by atoms with Crippen LogP contribution >= 0.6 is 22.9 Å². The van der Waals surface area contributed by atoms with Gasteiger partial charge in [-0.15, -0.1) is 0 Å². The van der Waals surface area contributed by atoms with E-state index in [0.29, 0.717) is 16.4 Å². The third-order valence-corrected chi connectivity index (χ3v) is 3.45. The van der Waals surface area contributed by atoms with E-state index in [4.69, 9.17) is 21.7 Å². The summed E-state index contributed by atoms with van der Waals surface area (Å²) in [5.74, 6) is -0.333.